The molecule has 0 spiro atoms. The molecule has 0 heterocycles. The first-order valence-electron chi connectivity index (χ1n) is 6.13. The summed E-state index contributed by atoms with van der Waals surface area (Å²) < 4.78 is 5.66. The first-order valence-corrected chi connectivity index (χ1v) is 6.13. The van der Waals surface area contributed by atoms with Crippen molar-refractivity contribution in [1.29, 1.82) is 0 Å². The molecule has 1 aromatic rings. The first-order chi connectivity index (χ1) is 8.35. The van der Waals surface area contributed by atoms with E-state index in [1.807, 2.05) is 31.2 Å². The molecule has 1 aromatic carbocycles. The van der Waals surface area contributed by atoms with Crippen molar-refractivity contribution in [2.45, 2.75) is 45.3 Å². The molecule has 0 amide bonds. The zero-order valence-electron chi connectivity index (χ0n) is 11.1. The molecule has 4 heteroatoms. The fourth-order valence-electron chi connectivity index (χ4n) is 1.76. The van der Waals surface area contributed by atoms with Crippen molar-refractivity contribution in [1.82, 2.24) is 0 Å². The number of aryl methyl sites for hydroxylation is 1. The van der Waals surface area contributed by atoms with E-state index in [9.17, 15) is 4.79 Å². The van der Waals surface area contributed by atoms with Gasteiger partial charge in [-0.1, -0.05) is 19.1 Å². The number of carboxylic acid groups (broad SMARTS) is 1. The van der Waals surface area contributed by atoms with Crippen LogP contribution in [0.5, 0.6) is 5.75 Å². The fraction of sp³-hybridized carbons (Fsp3) is 0.500. The maximum atomic E-state index is 10.9. The maximum absolute atomic E-state index is 10.9. The second-order valence-corrected chi connectivity index (χ2v) is 4.85. The maximum Gasteiger partial charge on any atom is 0.323 e. The van der Waals surface area contributed by atoms with Crippen LogP contribution < -0.4 is 10.5 Å². The Morgan fingerprint density at radius 1 is 1.44 bits per heavy atom. The Kier molecular flexibility index (Phi) is 4.73. The van der Waals surface area contributed by atoms with Crippen LogP contribution in [0.25, 0.3) is 0 Å². The van der Waals surface area contributed by atoms with Gasteiger partial charge < -0.3 is 15.6 Å². The number of hydrogen-bond donors (Lipinski definition) is 2. The summed E-state index contributed by atoms with van der Waals surface area (Å²) in [6.07, 6.45) is 0.997. The van der Waals surface area contributed by atoms with Crippen LogP contribution in [-0.2, 0) is 11.2 Å². The molecule has 0 aliphatic rings. The molecular weight excluding hydrogens is 230 g/mol. The summed E-state index contributed by atoms with van der Waals surface area (Å²) in [5, 5.41) is 8.94. The molecule has 0 saturated heterocycles. The van der Waals surface area contributed by atoms with Crippen LogP contribution in [0.4, 0.5) is 0 Å². The smallest absolute Gasteiger partial charge is 0.323 e. The van der Waals surface area contributed by atoms with Crippen molar-refractivity contribution in [2.75, 3.05) is 0 Å². The number of carbonyl (C=O) groups is 1. The topological polar surface area (TPSA) is 72.5 Å². The summed E-state index contributed by atoms with van der Waals surface area (Å²) in [7, 11) is 0. The van der Waals surface area contributed by atoms with Gasteiger partial charge in [-0.05, 0) is 38.0 Å². The minimum Gasteiger partial charge on any atom is -0.491 e. The normalized spacial score (nSPS) is 15.8. The van der Waals surface area contributed by atoms with Gasteiger partial charge in [0.15, 0.2) is 0 Å². The Hall–Kier alpha value is -1.55. The van der Waals surface area contributed by atoms with E-state index in [4.69, 9.17) is 15.6 Å². The highest BCUT2D eigenvalue weighted by Crippen LogP contribution is 2.18. The van der Waals surface area contributed by atoms with Crippen molar-refractivity contribution in [3.8, 4) is 5.75 Å². The molecule has 4 nitrogen and oxygen atoms in total. The van der Waals surface area contributed by atoms with E-state index in [-0.39, 0.29) is 12.5 Å². The third-order valence-electron chi connectivity index (χ3n) is 2.87. The number of benzene rings is 1. The number of ether oxygens (including phenoxy) is 1. The Labute approximate surface area is 108 Å². The van der Waals surface area contributed by atoms with Crippen LogP contribution >= 0.6 is 0 Å². The number of nitrogens with two attached hydrogens (primary N) is 1. The monoisotopic (exact) mass is 251 g/mol. The predicted molar refractivity (Wildman–Crippen MR) is 70.8 cm³/mol. The predicted octanol–water partition coefficient (Wildman–Crippen LogP) is 2.21. The second kappa shape index (κ2) is 5.87. The van der Waals surface area contributed by atoms with Gasteiger partial charge in [-0.3, -0.25) is 4.79 Å². The number of carboxylic acids is 1. The number of rotatable bonds is 6. The van der Waals surface area contributed by atoms with Gasteiger partial charge in [0, 0.05) is 6.42 Å². The van der Waals surface area contributed by atoms with E-state index in [2.05, 4.69) is 6.92 Å². The van der Waals surface area contributed by atoms with Crippen molar-refractivity contribution < 1.29 is 14.6 Å². The molecule has 100 valence electrons. The summed E-state index contributed by atoms with van der Waals surface area (Å²) in [5.41, 5.74) is 5.66. The van der Waals surface area contributed by atoms with Crippen LogP contribution in [0.15, 0.2) is 24.3 Å². The highest BCUT2D eigenvalue weighted by Gasteiger charge is 2.30. The summed E-state index contributed by atoms with van der Waals surface area (Å²) >= 11 is 0. The van der Waals surface area contributed by atoms with Crippen LogP contribution in [-0.4, -0.2) is 22.7 Å². The van der Waals surface area contributed by atoms with E-state index in [0.29, 0.717) is 0 Å². The average Bonchev–Trinajstić information content (AvgIpc) is 2.29. The number of aliphatic carboxylic acids is 1. The van der Waals surface area contributed by atoms with Gasteiger partial charge in [-0.25, -0.2) is 0 Å². The molecular formula is C14H21NO3. The molecule has 0 radical (unpaired) electrons. The van der Waals surface area contributed by atoms with Crippen molar-refractivity contribution >= 4 is 5.97 Å². The first kappa shape index (κ1) is 14.5. The van der Waals surface area contributed by atoms with Crippen molar-refractivity contribution in [3.05, 3.63) is 29.8 Å². The Morgan fingerprint density at radius 3 is 2.44 bits per heavy atom. The standard InChI is InChI=1S/C14H21NO3/c1-4-11-5-7-12(8-6-11)18-10(2)9-14(3,15)13(16)17/h5-8,10H,4,9,15H2,1-3H3,(H,16,17). The molecule has 0 aliphatic heterocycles. The van der Waals surface area contributed by atoms with Crippen LogP contribution in [0, 0.1) is 0 Å². The molecule has 1 rings (SSSR count). The molecule has 0 saturated carbocycles. The summed E-state index contributed by atoms with van der Waals surface area (Å²) in [5.74, 6) is -0.278. The van der Waals surface area contributed by atoms with Gasteiger partial charge in [-0.2, -0.15) is 0 Å². The second-order valence-electron chi connectivity index (χ2n) is 4.85. The van der Waals surface area contributed by atoms with E-state index < -0.39 is 11.5 Å². The molecule has 0 aromatic heterocycles. The van der Waals surface area contributed by atoms with Crippen molar-refractivity contribution in [2.24, 2.45) is 5.73 Å². The van der Waals surface area contributed by atoms with Gasteiger partial charge in [0.1, 0.15) is 11.3 Å². The van der Waals surface area contributed by atoms with Gasteiger partial charge in [0.2, 0.25) is 0 Å². The van der Waals surface area contributed by atoms with E-state index in [0.717, 1.165) is 12.2 Å². The highest BCUT2D eigenvalue weighted by molar-refractivity contribution is 5.77. The van der Waals surface area contributed by atoms with Gasteiger partial charge >= 0.3 is 5.97 Å². The molecule has 0 bridgehead atoms. The van der Waals surface area contributed by atoms with Gasteiger partial charge in [0.25, 0.3) is 0 Å². The lowest BCUT2D eigenvalue weighted by molar-refractivity contribution is -0.143. The fourth-order valence-corrected chi connectivity index (χ4v) is 1.76. The Morgan fingerprint density at radius 2 is 2.00 bits per heavy atom. The SMILES string of the molecule is CCc1ccc(OC(C)CC(C)(N)C(=O)O)cc1. The molecule has 0 aliphatic carbocycles. The summed E-state index contributed by atoms with van der Waals surface area (Å²) in [4.78, 5) is 10.9. The molecule has 3 N–H and O–H groups in total. The van der Waals surface area contributed by atoms with E-state index >= 15 is 0 Å². The average molecular weight is 251 g/mol. The minimum absolute atomic E-state index is 0.247. The van der Waals surface area contributed by atoms with E-state index in [1.165, 1.54) is 12.5 Å². The minimum atomic E-state index is -1.26. The lowest BCUT2D eigenvalue weighted by Gasteiger charge is -2.24. The molecule has 2 unspecified atom stereocenters. The van der Waals surface area contributed by atoms with Crippen LogP contribution in [0.2, 0.25) is 0 Å². The third kappa shape index (κ3) is 4.04. The lowest BCUT2D eigenvalue weighted by atomic mass is 9.96. The zero-order chi connectivity index (χ0) is 13.8. The Balaban J connectivity index is 2.58. The molecule has 2 atom stereocenters. The molecule has 18 heavy (non-hydrogen) atoms. The lowest BCUT2D eigenvalue weighted by Crippen LogP contribution is -2.47. The van der Waals surface area contributed by atoms with Crippen LogP contribution in [0.3, 0.4) is 0 Å². The largest absolute Gasteiger partial charge is 0.491 e. The van der Waals surface area contributed by atoms with E-state index in [1.54, 1.807) is 0 Å². The number of hydrogen-bond acceptors (Lipinski definition) is 3. The molecule has 0 fully saturated rings. The third-order valence-corrected chi connectivity index (χ3v) is 2.87. The zero-order valence-corrected chi connectivity index (χ0v) is 11.1. The summed E-state index contributed by atoms with van der Waals surface area (Å²) in [6.45, 7) is 5.41. The van der Waals surface area contributed by atoms with Gasteiger partial charge in [0.05, 0.1) is 6.10 Å². The highest BCUT2D eigenvalue weighted by atomic mass is 16.5. The van der Waals surface area contributed by atoms with Crippen LogP contribution in [0.1, 0.15) is 32.8 Å². The van der Waals surface area contributed by atoms with Gasteiger partial charge in [-0.15, -0.1) is 0 Å². The quantitative estimate of drug-likeness (QED) is 0.813. The Bertz CT molecular complexity index is 398. The van der Waals surface area contributed by atoms with Crippen molar-refractivity contribution in [3.63, 3.8) is 0 Å². The summed E-state index contributed by atoms with van der Waals surface area (Å²) in [6, 6.07) is 7.79.